The van der Waals surface area contributed by atoms with Crippen molar-refractivity contribution in [2.75, 3.05) is 0 Å². The van der Waals surface area contributed by atoms with Crippen LogP contribution in [0.1, 0.15) is 5.56 Å². The largest absolute Gasteiger partial charge is 0.306 e. The van der Waals surface area contributed by atoms with Gasteiger partial charge in [0.25, 0.3) is 0 Å². The summed E-state index contributed by atoms with van der Waals surface area (Å²) in [5, 5.41) is 13.2. The van der Waals surface area contributed by atoms with Crippen molar-refractivity contribution in [1.82, 2.24) is 34.1 Å². The lowest BCUT2D eigenvalue weighted by molar-refractivity contribution is 1.06. The molecule has 0 saturated heterocycles. The third-order valence-corrected chi connectivity index (χ3v) is 9.50. The van der Waals surface area contributed by atoms with E-state index in [2.05, 4.69) is 39.5 Å². The van der Waals surface area contributed by atoms with Gasteiger partial charge in [0.05, 0.1) is 44.5 Å². The first-order chi connectivity index (χ1) is 25.8. The molecule has 8 heteroatoms. The molecule has 0 aliphatic heterocycles. The molecule has 8 nitrogen and oxygen atoms in total. The minimum absolute atomic E-state index is 0.484. The Balaban J connectivity index is 1.36. The van der Waals surface area contributed by atoms with Crippen LogP contribution >= 0.6 is 0 Å². The van der Waals surface area contributed by atoms with Gasteiger partial charge in [0, 0.05) is 39.9 Å². The molecule has 0 unspecified atom stereocenters. The number of fused-ring (bicyclic) bond motifs is 6. The Kier molecular flexibility index (Phi) is 6.69. The number of hydrogen-bond donors (Lipinski definition) is 0. The average Bonchev–Trinajstić information content (AvgIpc) is 3.74. The molecular weight excluding hydrogens is 641 g/mol. The Bertz CT molecular complexity index is 2730. The third-order valence-electron chi connectivity index (χ3n) is 9.50. The summed E-state index contributed by atoms with van der Waals surface area (Å²) in [6.07, 6.45) is 3.61. The van der Waals surface area contributed by atoms with Gasteiger partial charge in [0.15, 0.2) is 17.5 Å². The van der Waals surface area contributed by atoms with Crippen molar-refractivity contribution in [3.05, 3.63) is 164 Å². The van der Waals surface area contributed by atoms with Gasteiger partial charge in [-0.05, 0) is 48.5 Å². The molecule has 0 atom stereocenters. The highest BCUT2D eigenvalue weighted by Crippen LogP contribution is 2.39. The highest BCUT2D eigenvalue weighted by molar-refractivity contribution is 6.09. The number of benzene rings is 5. The van der Waals surface area contributed by atoms with Gasteiger partial charge in [-0.2, -0.15) is 5.26 Å². The number of pyridine rings is 2. The van der Waals surface area contributed by atoms with Crippen molar-refractivity contribution in [3.8, 4) is 51.6 Å². The zero-order valence-electron chi connectivity index (χ0n) is 27.6. The Labute approximate surface area is 297 Å². The van der Waals surface area contributed by atoms with Crippen LogP contribution in [0.4, 0.5) is 0 Å². The summed E-state index contributed by atoms with van der Waals surface area (Å²) in [4.78, 5) is 24.7. The minimum Gasteiger partial charge on any atom is -0.306 e. The first-order valence-corrected chi connectivity index (χ1v) is 16.9. The molecule has 5 aromatic heterocycles. The van der Waals surface area contributed by atoms with Crippen LogP contribution in [-0.4, -0.2) is 34.1 Å². The zero-order valence-corrected chi connectivity index (χ0v) is 27.6. The van der Waals surface area contributed by atoms with E-state index in [-0.39, 0.29) is 0 Å². The minimum atomic E-state index is 0.484. The fourth-order valence-electron chi connectivity index (χ4n) is 7.23. The van der Waals surface area contributed by atoms with Gasteiger partial charge in [-0.15, -0.1) is 0 Å². The zero-order chi connectivity index (χ0) is 34.6. The normalized spacial score (nSPS) is 11.4. The van der Waals surface area contributed by atoms with Crippen LogP contribution in [0.3, 0.4) is 0 Å². The number of aromatic nitrogens is 7. The molecule has 0 aliphatic rings. The van der Waals surface area contributed by atoms with Crippen molar-refractivity contribution in [2.45, 2.75) is 0 Å². The second kappa shape index (κ2) is 11.8. The quantitative estimate of drug-likeness (QED) is 0.181. The van der Waals surface area contributed by atoms with Crippen LogP contribution in [0, 0.1) is 11.3 Å². The number of para-hydroxylation sites is 2. The second-order valence-electron chi connectivity index (χ2n) is 12.5. The maximum Gasteiger partial charge on any atom is 0.164 e. The van der Waals surface area contributed by atoms with Crippen LogP contribution in [0.5, 0.6) is 0 Å². The van der Waals surface area contributed by atoms with Crippen molar-refractivity contribution in [3.63, 3.8) is 0 Å². The standard InChI is InChI=1S/C44H26N8/c45-27-33-38(51-34-19-9-7-17-31(34)40-36(51)21-11-23-46-40)25-30(26-39(33)52-35-20-10-8-18-32(35)41-37(52)22-12-24-47-41)44-49-42(28-13-3-1-4-14-28)48-43(50-44)29-15-5-2-6-16-29/h1-26H. The lowest BCUT2D eigenvalue weighted by atomic mass is 10.0. The number of hydrogen-bond acceptors (Lipinski definition) is 6. The van der Waals surface area contributed by atoms with E-state index in [1.54, 1.807) is 12.4 Å². The molecule has 10 rings (SSSR count). The second-order valence-corrected chi connectivity index (χ2v) is 12.5. The first kappa shape index (κ1) is 29.4. The van der Waals surface area contributed by atoms with Crippen LogP contribution in [0.15, 0.2) is 158 Å². The molecule has 0 radical (unpaired) electrons. The van der Waals surface area contributed by atoms with Crippen LogP contribution < -0.4 is 0 Å². The molecule has 0 N–H and O–H groups in total. The lowest BCUT2D eigenvalue weighted by Crippen LogP contribution is -2.07. The molecule has 0 amide bonds. The van der Waals surface area contributed by atoms with Gasteiger partial charge < -0.3 is 9.13 Å². The molecular formula is C44H26N8. The summed E-state index contributed by atoms with van der Waals surface area (Å²) < 4.78 is 4.26. The number of nitriles is 1. The van der Waals surface area contributed by atoms with Gasteiger partial charge in [-0.3, -0.25) is 9.97 Å². The Morgan fingerprint density at radius 3 is 1.29 bits per heavy atom. The number of rotatable bonds is 5. The maximum atomic E-state index is 11.2. The van der Waals surface area contributed by atoms with Gasteiger partial charge in [0.1, 0.15) is 11.6 Å². The highest BCUT2D eigenvalue weighted by Gasteiger charge is 2.24. The monoisotopic (exact) mass is 666 g/mol. The van der Waals surface area contributed by atoms with E-state index in [1.165, 1.54) is 0 Å². The fourth-order valence-corrected chi connectivity index (χ4v) is 7.23. The van der Waals surface area contributed by atoms with Crippen LogP contribution in [0.25, 0.3) is 89.4 Å². The highest BCUT2D eigenvalue weighted by atomic mass is 15.1. The van der Waals surface area contributed by atoms with Gasteiger partial charge >= 0.3 is 0 Å². The molecule has 0 fully saturated rings. The molecule has 0 aliphatic carbocycles. The van der Waals surface area contributed by atoms with Gasteiger partial charge in [0.2, 0.25) is 0 Å². The third kappa shape index (κ3) is 4.57. The van der Waals surface area contributed by atoms with Crippen LogP contribution in [0.2, 0.25) is 0 Å². The van der Waals surface area contributed by atoms with Crippen molar-refractivity contribution in [1.29, 1.82) is 5.26 Å². The van der Waals surface area contributed by atoms with Crippen molar-refractivity contribution in [2.24, 2.45) is 0 Å². The Morgan fingerprint density at radius 2 is 0.827 bits per heavy atom. The van der Waals surface area contributed by atoms with Crippen molar-refractivity contribution < 1.29 is 0 Å². The van der Waals surface area contributed by atoms with E-state index in [0.717, 1.165) is 60.6 Å². The first-order valence-electron chi connectivity index (χ1n) is 16.9. The van der Waals surface area contributed by atoms with E-state index in [9.17, 15) is 5.26 Å². The molecule has 5 heterocycles. The fraction of sp³-hybridized carbons (Fsp3) is 0. The average molecular weight is 667 g/mol. The molecule has 0 saturated carbocycles. The summed E-state index contributed by atoms with van der Waals surface area (Å²) >= 11 is 0. The Morgan fingerprint density at radius 1 is 0.423 bits per heavy atom. The van der Waals surface area contributed by atoms with E-state index in [4.69, 9.17) is 24.9 Å². The molecule has 242 valence electrons. The summed E-state index contributed by atoms with van der Waals surface area (Å²) in [7, 11) is 0. The van der Waals surface area contributed by atoms with E-state index < -0.39 is 0 Å². The summed E-state index contributed by atoms with van der Waals surface area (Å²) in [6.45, 7) is 0. The molecule has 0 bridgehead atoms. The molecule has 52 heavy (non-hydrogen) atoms. The predicted molar refractivity (Wildman–Crippen MR) is 205 cm³/mol. The van der Waals surface area contributed by atoms with Crippen LogP contribution in [-0.2, 0) is 0 Å². The number of nitrogens with zero attached hydrogens (tertiary/aromatic N) is 8. The van der Waals surface area contributed by atoms with E-state index >= 15 is 0 Å². The molecule has 0 spiro atoms. The van der Waals surface area contributed by atoms with Gasteiger partial charge in [-0.25, -0.2) is 15.0 Å². The van der Waals surface area contributed by atoms with E-state index in [0.29, 0.717) is 34.4 Å². The molecule has 10 aromatic rings. The summed E-state index contributed by atoms with van der Waals surface area (Å²) in [5.74, 6) is 1.59. The molecule has 5 aromatic carbocycles. The Hall–Kier alpha value is -7.50. The topological polar surface area (TPSA) is 98.1 Å². The summed E-state index contributed by atoms with van der Waals surface area (Å²) in [5.41, 5.74) is 9.69. The SMILES string of the molecule is N#Cc1c(-n2c3ccccc3c3ncccc32)cc(-c2nc(-c3ccccc3)nc(-c3ccccc3)n2)cc1-n1c2ccccc2c2ncccc21. The van der Waals surface area contributed by atoms with E-state index in [1.807, 2.05) is 121 Å². The summed E-state index contributed by atoms with van der Waals surface area (Å²) in [6, 6.07) is 50.8. The van der Waals surface area contributed by atoms with Crippen molar-refractivity contribution >= 4 is 43.9 Å². The van der Waals surface area contributed by atoms with Gasteiger partial charge in [-0.1, -0.05) is 97.1 Å². The maximum absolute atomic E-state index is 11.2. The smallest absolute Gasteiger partial charge is 0.164 e. The predicted octanol–water partition coefficient (Wildman–Crippen LogP) is 9.73. The lowest BCUT2D eigenvalue weighted by Gasteiger charge is -2.18.